The highest BCUT2D eigenvalue weighted by molar-refractivity contribution is 5.69. The van der Waals surface area contributed by atoms with E-state index in [4.69, 9.17) is 0 Å². The Bertz CT molecular complexity index is 430. The normalized spacial score (nSPS) is 11.1. The molecule has 1 heterocycles. The molecule has 0 unspecified atom stereocenters. The Morgan fingerprint density at radius 3 is 2.39 bits per heavy atom. The van der Waals surface area contributed by atoms with Gasteiger partial charge in [0.1, 0.15) is 6.33 Å². The van der Waals surface area contributed by atoms with E-state index in [0.29, 0.717) is 6.54 Å². The summed E-state index contributed by atoms with van der Waals surface area (Å²) in [6.45, 7) is 5.67. The molecular formula is C10H17N5O3. The van der Waals surface area contributed by atoms with E-state index in [1.807, 2.05) is 6.92 Å². The fourth-order valence-electron chi connectivity index (χ4n) is 1.28. The zero-order valence-corrected chi connectivity index (χ0v) is 10.6. The van der Waals surface area contributed by atoms with Gasteiger partial charge >= 0.3 is 5.69 Å². The van der Waals surface area contributed by atoms with Crippen LogP contribution in [0, 0.1) is 10.1 Å². The summed E-state index contributed by atoms with van der Waals surface area (Å²) in [6, 6.07) is 0. The van der Waals surface area contributed by atoms with Crippen molar-refractivity contribution in [1.29, 1.82) is 0 Å². The molecule has 100 valence electrons. The van der Waals surface area contributed by atoms with Crippen LogP contribution in [-0.2, 0) is 0 Å². The average Bonchev–Trinajstić information content (AvgIpc) is 2.25. The number of nitrogens with one attached hydrogen (secondary N) is 2. The fourth-order valence-corrected chi connectivity index (χ4v) is 1.28. The standard InChI is InChI=1S/C10H17N5O3/c1-4-11-8-7(15(17)18)9(14-6-13-8)12-5-10(2,3)16/h6,16H,4-5H2,1-3H3,(H2,11,12,13,14). The number of rotatable bonds is 6. The second-order valence-electron chi connectivity index (χ2n) is 4.37. The highest BCUT2D eigenvalue weighted by Gasteiger charge is 2.23. The molecule has 8 nitrogen and oxygen atoms in total. The molecule has 0 saturated heterocycles. The van der Waals surface area contributed by atoms with Gasteiger partial charge in [-0.25, -0.2) is 9.97 Å². The molecule has 1 aromatic rings. The van der Waals surface area contributed by atoms with Crippen LogP contribution in [0.25, 0.3) is 0 Å². The Morgan fingerprint density at radius 2 is 1.94 bits per heavy atom. The van der Waals surface area contributed by atoms with Gasteiger partial charge in [-0.1, -0.05) is 0 Å². The maximum atomic E-state index is 11.0. The quantitative estimate of drug-likeness (QED) is 0.513. The zero-order valence-electron chi connectivity index (χ0n) is 10.6. The smallest absolute Gasteiger partial charge is 0.353 e. The van der Waals surface area contributed by atoms with Crippen LogP contribution in [0.4, 0.5) is 17.3 Å². The Labute approximate surface area is 105 Å². The molecule has 0 spiro atoms. The van der Waals surface area contributed by atoms with Crippen LogP contribution < -0.4 is 10.6 Å². The topological polar surface area (TPSA) is 113 Å². The van der Waals surface area contributed by atoms with Crippen molar-refractivity contribution in [2.45, 2.75) is 26.4 Å². The van der Waals surface area contributed by atoms with Crippen LogP contribution in [0.1, 0.15) is 20.8 Å². The van der Waals surface area contributed by atoms with E-state index in [2.05, 4.69) is 20.6 Å². The first-order chi connectivity index (χ1) is 8.35. The number of nitrogens with zero attached hydrogens (tertiary/aromatic N) is 3. The van der Waals surface area contributed by atoms with E-state index in [1.165, 1.54) is 6.33 Å². The summed E-state index contributed by atoms with van der Waals surface area (Å²) in [5, 5.41) is 26.2. The molecule has 8 heteroatoms. The third-order valence-electron chi connectivity index (χ3n) is 2.04. The van der Waals surface area contributed by atoms with Crippen LogP contribution in [0.2, 0.25) is 0 Å². The highest BCUT2D eigenvalue weighted by Crippen LogP contribution is 2.28. The minimum atomic E-state index is -0.989. The summed E-state index contributed by atoms with van der Waals surface area (Å²) in [6.07, 6.45) is 1.23. The Balaban J connectivity index is 3.03. The number of hydrogen-bond acceptors (Lipinski definition) is 7. The second kappa shape index (κ2) is 5.58. The number of aromatic nitrogens is 2. The van der Waals surface area contributed by atoms with Crippen molar-refractivity contribution in [3.05, 3.63) is 16.4 Å². The molecule has 0 aromatic carbocycles. The van der Waals surface area contributed by atoms with Crippen molar-refractivity contribution in [1.82, 2.24) is 9.97 Å². The first kappa shape index (κ1) is 14.1. The van der Waals surface area contributed by atoms with E-state index >= 15 is 0 Å². The molecule has 0 aliphatic carbocycles. The first-order valence-corrected chi connectivity index (χ1v) is 5.54. The number of anilines is 2. The number of aliphatic hydroxyl groups is 1. The van der Waals surface area contributed by atoms with Crippen molar-refractivity contribution in [3.8, 4) is 0 Å². The lowest BCUT2D eigenvalue weighted by Crippen LogP contribution is -2.30. The maximum absolute atomic E-state index is 11.0. The van der Waals surface area contributed by atoms with Crippen molar-refractivity contribution >= 4 is 17.3 Å². The predicted octanol–water partition coefficient (Wildman–Crippen LogP) is 0.999. The van der Waals surface area contributed by atoms with Crippen LogP contribution in [0.5, 0.6) is 0 Å². The lowest BCUT2D eigenvalue weighted by molar-refractivity contribution is -0.383. The SMILES string of the molecule is CCNc1ncnc(NCC(C)(C)O)c1[N+](=O)[O-]. The van der Waals surface area contributed by atoms with Crippen LogP contribution >= 0.6 is 0 Å². The highest BCUT2D eigenvalue weighted by atomic mass is 16.6. The van der Waals surface area contributed by atoms with Gasteiger partial charge in [-0.2, -0.15) is 0 Å². The van der Waals surface area contributed by atoms with E-state index in [9.17, 15) is 15.2 Å². The number of nitro groups is 1. The van der Waals surface area contributed by atoms with Gasteiger partial charge in [-0.3, -0.25) is 10.1 Å². The maximum Gasteiger partial charge on any atom is 0.353 e. The molecular weight excluding hydrogens is 238 g/mol. The first-order valence-electron chi connectivity index (χ1n) is 5.54. The minimum absolute atomic E-state index is 0.0908. The summed E-state index contributed by atoms with van der Waals surface area (Å²) in [4.78, 5) is 18.1. The third-order valence-corrected chi connectivity index (χ3v) is 2.04. The van der Waals surface area contributed by atoms with Crippen LogP contribution in [-0.4, -0.2) is 38.7 Å². The Hall–Kier alpha value is -1.96. The van der Waals surface area contributed by atoms with Gasteiger partial charge in [0.15, 0.2) is 0 Å². The molecule has 0 saturated carbocycles. The molecule has 0 radical (unpaired) electrons. The van der Waals surface area contributed by atoms with E-state index in [1.54, 1.807) is 13.8 Å². The summed E-state index contributed by atoms with van der Waals surface area (Å²) in [7, 11) is 0. The molecule has 0 fully saturated rings. The minimum Gasteiger partial charge on any atom is -0.389 e. The van der Waals surface area contributed by atoms with Gasteiger partial charge in [0, 0.05) is 13.1 Å². The summed E-state index contributed by atoms with van der Waals surface area (Å²) in [5.74, 6) is 0.254. The zero-order chi connectivity index (χ0) is 13.8. The van der Waals surface area contributed by atoms with Crippen LogP contribution in [0.15, 0.2) is 6.33 Å². The molecule has 0 atom stereocenters. The van der Waals surface area contributed by atoms with Crippen molar-refractivity contribution in [2.75, 3.05) is 23.7 Å². The van der Waals surface area contributed by atoms with Gasteiger partial charge in [0.2, 0.25) is 11.6 Å². The lowest BCUT2D eigenvalue weighted by Gasteiger charge is -2.18. The summed E-state index contributed by atoms with van der Waals surface area (Å²) >= 11 is 0. The molecule has 3 N–H and O–H groups in total. The molecule has 1 rings (SSSR count). The molecule has 18 heavy (non-hydrogen) atoms. The van der Waals surface area contributed by atoms with Gasteiger partial charge in [-0.05, 0) is 20.8 Å². The monoisotopic (exact) mass is 255 g/mol. The summed E-state index contributed by atoms with van der Waals surface area (Å²) < 4.78 is 0. The molecule has 1 aromatic heterocycles. The van der Waals surface area contributed by atoms with Gasteiger partial charge in [-0.15, -0.1) is 0 Å². The van der Waals surface area contributed by atoms with Gasteiger partial charge in [0.25, 0.3) is 0 Å². The van der Waals surface area contributed by atoms with Gasteiger partial charge < -0.3 is 15.7 Å². The van der Waals surface area contributed by atoms with Crippen molar-refractivity contribution < 1.29 is 10.0 Å². The van der Waals surface area contributed by atoms with Crippen LogP contribution in [0.3, 0.4) is 0 Å². The van der Waals surface area contributed by atoms with E-state index in [-0.39, 0.29) is 23.9 Å². The molecule has 0 aliphatic rings. The van der Waals surface area contributed by atoms with Crippen molar-refractivity contribution in [3.63, 3.8) is 0 Å². The fraction of sp³-hybridized carbons (Fsp3) is 0.600. The molecule has 0 aliphatic heterocycles. The third kappa shape index (κ3) is 3.81. The Kier molecular flexibility index (Phi) is 4.38. The summed E-state index contributed by atoms with van der Waals surface area (Å²) in [5.41, 5.74) is -1.21. The van der Waals surface area contributed by atoms with Gasteiger partial charge in [0.05, 0.1) is 10.5 Å². The predicted molar refractivity (Wildman–Crippen MR) is 67.6 cm³/mol. The van der Waals surface area contributed by atoms with E-state index < -0.39 is 10.5 Å². The Morgan fingerprint density at radius 1 is 1.39 bits per heavy atom. The largest absolute Gasteiger partial charge is 0.389 e. The second-order valence-corrected chi connectivity index (χ2v) is 4.37. The van der Waals surface area contributed by atoms with E-state index in [0.717, 1.165) is 0 Å². The molecule has 0 bridgehead atoms. The lowest BCUT2D eigenvalue weighted by atomic mass is 10.1. The number of hydrogen-bond donors (Lipinski definition) is 3. The molecule has 0 amide bonds. The average molecular weight is 255 g/mol. The van der Waals surface area contributed by atoms with Crippen molar-refractivity contribution in [2.24, 2.45) is 0 Å².